The number of hydrogen-bond donors (Lipinski definition) is 2. The number of rotatable bonds is 5. The van der Waals surface area contributed by atoms with Crippen molar-refractivity contribution in [1.29, 1.82) is 0 Å². The van der Waals surface area contributed by atoms with Gasteiger partial charge in [-0.05, 0) is 33.3 Å². The average Bonchev–Trinajstić information content (AvgIpc) is 2.80. The molecule has 5 heteroatoms. The zero-order valence-corrected chi connectivity index (χ0v) is 13.0. The summed E-state index contributed by atoms with van der Waals surface area (Å²) in [6.07, 6.45) is 2.50. The van der Waals surface area contributed by atoms with Crippen LogP contribution < -0.4 is 4.72 Å². The molecule has 0 aliphatic heterocycles. The second kappa shape index (κ2) is 5.99. The molecule has 0 bridgehead atoms. The van der Waals surface area contributed by atoms with Gasteiger partial charge in [-0.3, -0.25) is 5.10 Å². The van der Waals surface area contributed by atoms with E-state index in [0.29, 0.717) is 6.42 Å². The summed E-state index contributed by atoms with van der Waals surface area (Å²) in [4.78, 5) is 0. The number of benzene rings is 1. The largest absolute Gasteiger partial charge is 0.598 e. The summed E-state index contributed by atoms with van der Waals surface area (Å²) in [6, 6.07) is 7.84. The summed E-state index contributed by atoms with van der Waals surface area (Å²) in [6.45, 7) is 9.63. The molecule has 1 aromatic heterocycles. The van der Waals surface area contributed by atoms with E-state index in [0.717, 1.165) is 16.6 Å². The van der Waals surface area contributed by atoms with Crippen molar-refractivity contribution in [3.8, 4) is 0 Å². The van der Waals surface area contributed by atoms with Gasteiger partial charge in [-0.1, -0.05) is 24.3 Å². The Labute approximate surface area is 123 Å². The molecule has 2 aromatic rings. The van der Waals surface area contributed by atoms with E-state index in [1.165, 1.54) is 0 Å². The molecule has 0 spiro atoms. The molecule has 20 heavy (non-hydrogen) atoms. The number of fused-ring (bicyclic) bond motifs is 1. The Bertz CT molecular complexity index is 588. The van der Waals surface area contributed by atoms with Crippen molar-refractivity contribution in [3.63, 3.8) is 0 Å². The fourth-order valence-electron chi connectivity index (χ4n) is 1.94. The SMILES string of the molecule is C=CC[C@H](N[S@@+]([O-])C(C)(C)C)c1n[nH]c2ccccc12. The van der Waals surface area contributed by atoms with E-state index in [2.05, 4.69) is 21.5 Å². The zero-order valence-electron chi connectivity index (χ0n) is 12.1. The molecule has 4 nitrogen and oxygen atoms in total. The smallest absolute Gasteiger partial charge is 0.136 e. The quantitative estimate of drug-likeness (QED) is 0.656. The first kappa shape index (κ1) is 15.1. The maximum absolute atomic E-state index is 12.3. The van der Waals surface area contributed by atoms with E-state index in [4.69, 9.17) is 0 Å². The van der Waals surface area contributed by atoms with Crippen LogP contribution in [-0.4, -0.2) is 19.5 Å². The lowest BCUT2D eigenvalue weighted by atomic mass is 10.1. The summed E-state index contributed by atoms with van der Waals surface area (Å²) in [5, 5.41) is 8.45. The van der Waals surface area contributed by atoms with Crippen molar-refractivity contribution in [2.24, 2.45) is 0 Å². The minimum Gasteiger partial charge on any atom is -0.598 e. The van der Waals surface area contributed by atoms with Gasteiger partial charge in [0.2, 0.25) is 0 Å². The van der Waals surface area contributed by atoms with E-state index in [1.807, 2.05) is 51.1 Å². The van der Waals surface area contributed by atoms with Gasteiger partial charge in [0.05, 0.1) is 11.2 Å². The van der Waals surface area contributed by atoms with E-state index in [9.17, 15) is 4.55 Å². The molecule has 0 saturated heterocycles. The number of para-hydroxylation sites is 1. The molecule has 0 saturated carbocycles. The highest BCUT2D eigenvalue weighted by molar-refractivity contribution is 7.90. The summed E-state index contributed by atoms with van der Waals surface area (Å²) in [5.41, 5.74) is 1.87. The highest BCUT2D eigenvalue weighted by Crippen LogP contribution is 2.26. The van der Waals surface area contributed by atoms with E-state index >= 15 is 0 Å². The summed E-state index contributed by atoms with van der Waals surface area (Å²) in [7, 11) is 0. The molecule has 108 valence electrons. The third kappa shape index (κ3) is 3.23. The lowest BCUT2D eigenvalue weighted by Crippen LogP contribution is -2.41. The van der Waals surface area contributed by atoms with Crippen molar-refractivity contribution in [2.45, 2.75) is 38.0 Å². The Morgan fingerprint density at radius 3 is 2.80 bits per heavy atom. The first-order valence-corrected chi connectivity index (χ1v) is 7.80. The van der Waals surface area contributed by atoms with Crippen LogP contribution in [0.25, 0.3) is 10.9 Å². The van der Waals surface area contributed by atoms with E-state index in [1.54, 1.807) is 0 Å². The maximum Gasteiger partial charge on any atom is 0.136 e. The number of H-pyrrole nitrogens is 1. The van der Waals surface area contributed by atoms with E-state index < -0.39 is 11.4 Å². The molecular formula is C15H21N3OS. The second-order valence-corrected chi connectivity index (χ2v) is 7.73. The van der Waals surface area contributed by atoms with Gasteiger partial charge in [0.1, 0.15) is 10.8 Å². The minimum absolute atomic E-state index is 0.108. The first-order valence-electron chi connectivity index (χ1n) is 6.65. The van der Waals surface area contributed by atoms with Crippen LogP contribution >= 0.6 is 0 Å². The average molecular weight is 291 g/mol. The van der Waals surface area contributed by atoms with Gasteiger partial charge in [0.25, 0.3) is 0 Å². The van der Waals surface area contributed by atoms with Crippen molar-refractivity contribution < 1.29 is 4.55 Å². The second-order valence-electron chi connectivity index (χ2n) is 5.73. The molecule has 0 fully saturated rings. The normalized spacial score (nSPS) is 15.2. The molecule has 0 amide bonds. The third-order valence-corrected chi connectivity index (χ3v) is 4.65. The molecule has 2 atom stereocenters. The molecule has 0 aliphatic carbocycles. The van der Waals surface area contributed by atoms with Gasteiger partial charge in [-0.25, -0.2) is 0 Å². The summed E-state index contributed by atoms with van der Waals surface area (Å²) < 4.78 is 15.2. The Morgan fingerprint density at radius 2 is 2.15 bits per heavy atom. The number of hydrogen-bond acceptors (Lipinski definition) is 3. The topological polar surface area (TPSA) is 63.8 Å². The predicted molar refractivity (Wildman–Crippen MR) is 84.7 cm³/mol. The standard InChI is InChI=1S/C15H21N3OS/c1-5-8-13(18-20(19)15(2,3)4)14-11-9-6-7-10-12(11)16-17-14/h5-7,9-10,13,18H,1,8H2,2-4H3,(H,16,17)/t13-,20-/m0/s1. The van der Waals surface area contributed by atoms with Crippen LogP contribution in [0.3, 0.4) is 0 Å². The van der Waals surface area contributed by atoms with Crippen LogP contribution in [0.1, 0.15) is 38.9 Å². The third-order valence-electron chi connectivity index (χ3n) is 3.04. The van der Waals surface area contributed by atoms with Crippen LogP contribution in [0.5, 0.6) is 0 Å². The molecule has 2 N–H and O–H groups in total. The van der Waals surface area contributed by atoms with Crippen molar-refractivity contribution in [3.05, 3.63) is 42.6 Å². The molecular weight excluding hydrogens is 270 g/mol. The molecule has 1 heterocycles. The number of nitrogens with one attached hydrogen (secondary N) is 2. The predicted octanol–water partition coefficient (Wildman–Crippen LogP) is 3.23. The summed E-state index contributed by atoms with van der Waals surface area (Å²) in [5.74, 6) is 0. The van der Waals surface area contributed by atoms with Crippen LogP contribution in [0.2, 0.25) is 0 Å². The highest BCUT2D eigenvalue weighted by Gasteiger charge is 2.30. The van der Waals surface area contributed by atoms with Gasteiger partial charge in [0.15, 0.2) is 0 Å². The number of nitrogens with zero attached hydrogens (tertiary/aromatic N) is 1. The van der Waals surface area contributed by atoms with Crippen LogP contribution in [0.4, 0.5) is 0 Å². The van der Waals surface area contributed by atoms with Crippen LogP contribution in [0.15, 0.2) is 36.9 Å². The zero-order chi connectivity index (χ0) is 14.8. The van der Waals surface area contributed by atoms with Crippen molar-refractivity contribution >= 4 is 22.3 Å². The first-order chi connectivity index (χ1) is 9.43. The fourth-order valence-corrected chi connectivity index (χ4v) is 2.76. The minimum atomic E-state index is -1.15. The number of aromatic nitrogens is 2. The molecule has 2 rings (SSSR count). The van der Waals surface area contributed by atoms with Crippen molar-refractivity contribution in [1.82, 2.24) is 14.9 Å². The lowest BCUT2D eigenvalue weighted by molar-refractivity contribution is 0.521. The maximum atomic E-state index is 12.3. The Balaban J connectivity index is 2.31. The van der Waals surface area contributed by atoms with Gasteiger partial charge in [-0.2, -0.15) is 5.10 Å². The van der Waals surface area contributed by atoms with Crippen LogP contribution in [-0.2, 0) is 11.4 Å². The monoisotopic (exact) mass is 291 g/mol. The van der Waals surface area contributed by atoms with Crippen LogP contribution in [0, 0.1) is 0 Å². The summed E-state index contributed by atoms with van der Waals surface area (Å²) >= 11 is -1.15. The van der Waals surface area contributed by atoms with Gasteiger partial charge in [-0.15, -0.1) is 11.3 Å². The van der Waals surface area contributed by atoms with Gasteiger partial charge >= 0.3 is 0 Å². The van der Waals surface area contributed by atoms with Crippen molar-refractivity contribution in [2.75, 3.05) is 0 Å². The molecule has 0 aliphatic rings. The Kier molecular flexibility index (Phi) is 4.52. The molecule has 0 unspecified atom stereocenters. The molecule has 1 aromatic carbocycles. The van der Waals surface area contributed by atoms with E-state index in [-0.39, 0.29) is 10.8 Å². The van der Waals surface area contributed by atoms with Gasteiger partial charge in [0, 0.05) is 16.7 Å². The Morgan fingerprint density at radius 1 is 1.45 bits per heavy atom. The number of aromatic amines is 1. The van der Waals surface area contributed by atoms with Gasteiger partial charge < -0.3 is 4.55 Å². The Hall–Kier alpha value is -1.30. The fraction of sp³-hybridized carbons (Fsp3) is 0.400. The molecule has 0 radical (unpaired) electrons. The highest BCUT2D eigenvalue weighted by atomic mass is 32.2. The lowest BCUT2D eigenvalue weighted by Gasteiger charge is -2.27.